The molecule has 0 radical (unpaired) electrons. The van der Waals surface area contributed by atoms with Crippen molar-refractivity contribution in [3.63, 3.8) is 0 Å². The zero-order valence-electron chi connectivity index (χ0n) is 11.0. The summed E-state index contributed by atoms with van der Waals surface area (Å²) in [7, 11) is 0. The monoisotopic (exact) mass is 257 g/mol. The van der Waals surface area contributed by atoms with Gasteiger partial charge in [0.25, 0.3) is 5.69 Å². The van der Waals surface area contributed by atoms with Crippen molar-refractivity contribution in [2.24, 2.45) is 0 Å². The largest absolute Gasteiger partial charge is 0.269 e. The fraction of sp³-hybridized carbons (Fsp3) is 0.214. The van der Waals surface area contributed by atoms with Crippen LogP contribution in [-0.2, 0) is 6.42 Å². The van der Waals surface area contributed by atoms with Crippen LogP contribution in [0.2, 0.25) is 0 Å². The minimum Gasteiger partial charge on any atom is -0.258 e. The maximum absolute atomic E-state index is 10.6. The molecule has 0 N–H and O–H groups in total. The lowest BCUT2D eigenvalue weighted by molar-refractivity contribution is -0.384. The molecule has 2 rings (SSSR count). The molecule has 19 heavy (non-hydrogen) atoms. The third-order valence-electron chi connectivity index (χ3n) is 2.89. The molecule has 0 amide bonds. The minimum absolute atomic E-state index is 0.0779. The molecule has 1 aromatic carbocycles. The van der Waals surface area contributed by atoms with Crippen molar-refractivity contribution in [3.8, 4) is 5.69 Å². The first kappa shape index (κ1) is 13.0. The third-order valence-corrected chi connectivity index (χ3v) is 2.89. The fourth-order valence-corrected chi connectivity index (χ4v) is 1.82. The topological polar surface area (TPSA) is 61.0 Å². The van der Waals surface area contributed by atoms with Crippen LogP contribution in [0.1, 0.15) is 25.2 Å². The molecule has 98 valence electrons. The van der Waals surface area contributed by atoms with Crippen LogP contribution in [0.25, 0.3) is 11.3 Å². The number of nitro groups is 1. The van der Waals surface area contributed by atoms with E-state index in [-0.39, 0.29) is 5.69 Å². The summed E-state index contributed by atoms with van der Waals surface area (Å²) in [5.41, 5.74) is 3.68. The van der Waals surface area contributed by atoms with Crippen LogP contribution in [-0.4, -0.2) is 14.7 Å². The van der Waals surface area contributed by atoms with E-state index in [1.165, 1.54) is 12.1 Å². The lowest BCUT2D eigenvalue weighted by Gasteiger charge is -2.05. The molecule has 0 bridgehead atoms. The van der Waals surface area contributed by atoms with Crippen LogP contribution in [0.3, 0.4) is 0 Å². The summed E-state index contributed by atoms with van der Waals surface area (Å²) in [4.78, 5) is 10.2. The zero-order valence-corrected chi connectivity index (χ0v) is 11.0. The first-order valence-corrected chi connectivity index (χ1v) is 6.02. The van der Waals surface area contributed by atoms with Crippen molar-refractivity contribution < 1.29 is 4.92 Å². The molecule has 5 heteroatoms. The highest BCUT2D eigenvalue weighted by Gasteiger charge is 2.10. The predicted molar refractivity (Wildman–Crippen MR) is 74.3 cm³/mol. The minimum atomic E-state index is -0.410. The summed E-state index contributed by atoms with van der Waals surface area (Å²) in [5.74, 6) is 0. The molecule has 0 aliphatic rings. The molecule has 2 aromatic rings. The summed E-state index contributed by atoms with van der Waals surface area (Å²) in [6.07, 6.45) is 0.831. The number of allylic oxidation sites excluding steroid dienone is 1. The molecule has 1 aromatic heterocycles. The summed E-state index contributed by atoms with van der Waals surface area (Å²) in [6.45, 7) is 7.83. The average Bonchev–Trinajstić information content (AvgIpc) is 2.83. The molecule has 0 saturated heterocycles. The Balaban J connectivity index is 2.45. The van der Waals surface area contributed by atoms with Gasteiger partial charge in [0.05, 0.1) is 16.3 Å². The predicted octanol–water partition coefficient (Wildman–Crippen LogP) is 3.38. The van der Waals surface area contributed by atoms with Crippen LogP contribution < -0.4 is 0 Å². The van der Waals surface area contributed by atoms with Crippen molar-refractivity contribution in [1.29, 1.82) is 0 Å². The summed E-state index contributed by atoms with van der Waals surface area (Å²) in [6, 6.07) is 8.36. The van der Waals surface area contributed by atoms with Crippen molar-refractivity contribution in [2.75, 3.05) is 0 Å². The Morgan fingerprint density at radius 3 is 2.53 bits per heavy atom. The van der Waals surface area contributed by atoms with E-state index in [1.54, 1.807) is 16.8 Å². The van der Waals surface area contributed by atoms with E-state index in [0.717, 1.165) is 29.1 Å². The highest BCUT2D eigenvalue weighted by molar-refractivity contribution is 5.58. The fourth-order valence-electron chi connectivity index (χ4n) is 1.82. The standard InChI is InChI=1S/C14H15N3O2/c1-4-11-9-14(10(2)3)15-16(11)12-5-7-13(8-6-12)17(18)19/h5-9H,2,4H2,1,3H3. The van der Waals surface area contributed by atoms with Gasteiger partial charge in [-0.1, -0.05) is 13.5 Å². The quantitative estimate of drug-likeness (QED) is 0.623. The van der Waals surface area contributed by atoms with E-state index in [9.17, 15) is 10.1 Å². The van der Waals surface area contributed by atoms with Gasteiger partial charge in [-0.05, 0) is 37.1 Å². The first-order valence-electron chi connectivity index (χ1n) is 6.02. The second-order valence-electron chi connectivity index (χ2n) is 4.34. The third kappa shape index (κ3) is 2.54. The summed E-state index contributed by atoms with van der Waals surface area (Å²) in [5, 5.41) is 15.1. The SMILES string of the molecule is C=C(C)c1cc(CC)n(-c2ccc([N+](=O)[O-])cc2)n1. The molecule has 0 fully saturated rings. The van der Waals surface area contributed by atoms with Gasteiger partial charge in [-0.2, -0.15) is 5.10 Å². The van der Waals surface area contributed by atoms with Crippen molar-refractivity contribution in [2.45, 2.75) is 20.3 Å². The van der Waals surface area contributed by atoms with E-state index in [0.29, 0.717) is 0 Å². The number of nitrogens with zero attached hydrogens (tertiary/aromatic N) is 3. The van der Waals surface area contributed by atoms with E-state index in [2.05, 4.69) is 11.7 Å². The maximum atomic E-state index is 10.6. The smallest absolute Gasteiger partial charge is 0.258 e. The zero-order chi connectivity index (χ0) is 14.0. The first-order chi connectivity index (χ1) is 9.02. The summed E-state index contributed by atoms with van der Waals surface area (Å²) < 4.78 is 1.80. The lowest BCUT2D eigenvalue weighted by Crippen LogP contribution is -2.01. The molecule has 0 unspecified atom stereocenters. The number of aromatic nitrogens is 2. The normalized spacial score (nSPS) is 10.4. The number of nitro benzene ring substituents is 1. The van der Waals surface area contributed by atoms with Gasteiger partial charge in [-0.15, -0.1) is 0 Å². The Labute approximate surface area is 111 Å². The second-order valence-corrected chi connectivity index (χ2v) is 4.34. The van der Waals surface area contributed by atoms with Crippen molar-refractivity contribution in [1.82, 2.24) is 9.78 Å². The van der Waals surface area contributed by atoms with Gasteiger partial charge in [-0.25, -0.2) is 4.68 Å². The van der Waals surface area contributed by atoms with Gasteiger partial charge in [-0.3, -0.25) is 10.1 Å². The molecule has 0 atom stereocenters. The van der Waals surface area contributed by atoms with E-state index < -0.39 is 4.92 Å². The molecule has 1 heterocycles. The number of benzene rings is 1. The number of rotatable bonds is 4. The Morgan fingerprint density at radius 1 is 1.42 bits per heavy atom. The van der Waals surface area contributed by atoms with Gasteiger partial charge in [0.15, 0.2) is 0 Å². The van der Waals surface area contributed by atoms with Crippen molar-refractivity contribution >= 4 is 11.3 Å². The molecule has 0 aliphatic carbocycles. The van der Waals surface area contributed by atoms with Gasteiger partial charge in [0, 0.05) is 17.8 Å². The molecular formula is C14H15N3O2. The van der Waals surface area contributed by atoms with Crippen LogP contribution >= 0.6 is 0 Å². The molecule has 0 spiro atoms. The van der Waals surface area contributed by atoms with Crippen molar-refractivity contribution in [3.05, 3.63) is 58.4 Å². The second kappa shape index (κ2) is 5.06. The number of aryl methyl sites for hydroxylation is 1. The van der Waals surface area contributed by atoms with Crippen LogP contribution in [0.15, 0.2) is 36.9 Å². The van der Waals surface area contributed by atoms with Gasteiger partial charge in [0.2, 0.25) is 0 Å². The molecular weight excluding hydrogens is 242 g/mol. The van der Waals surface area contributed by atoms with Crippen LogP contribution in [0.4, 0.5) is 5.69 Å². The maximum Gasteiger partial charge on any atom is 0.269 e. The highest BCUT2D eigenvalue weighted by atomic mass is 16.6. The van der Waals surface area contributed by atoms with E-state index in [1.807, 2.05) is 19.9 Å². The van der Waals surface area contributed by atoms with Gasteiger partial charge in [0.1, 0.15) is 0 Å². The number of non-ortho nitro benzene ring substituents is 1. The van der Waals surface area contributed by atoms with Crippen LogP contribution in [0.5, 0.6) is 0 Å². The molecule has 5 nitrogen and oxygen atoms in total. The number of hydrogen-bond acceptors (Lipinski definition) is 3. The van der Waals surface area contributed by atoms with Gasteiger partial charge < -0.3 is 0 Å². The molecule has 0 saturated carbocycles. The Bertz CT molecular complexity index is 627. The number of hydrogen-bond donors (Lipinski definition) is 0. The van der Waals surface area contributed by atoms with E-state index >= 15 is 0 Å². The Hall–Kier alpha value is -2.43. The van der Waals surface area contributed by atoms with E-state index in [4.69, 9.17) is 0 Å². The average molecular weight is 257 g/mol. The molecule has 0 aliphatic heterocycles. The lowest BCUT2D eigenvalue weighted by atomic mass is 10.2. The Kier molecular flexibility index (Phi) is 3.46. The summed E-state index contributed by atoms with van der Waals surface area (Å²) >= 11 is 0. The van der Waals surface area contributed by atoms with Crippen LogP contribution in [0, 0.1) is 10.1 Å². The Morgan fingerprint density at radius 2 is 2.05 bits per heavy atom. The highest BCUT2D eigenvalue weighted by Crippen LogP contribution is 2.19. The van der Waals surface area contributed by atoms with Gasteiger partial charge >= 0.3 is 0 Å².